The van der Waals surface area contributed by atoms with Crippen LogP contribution < -0.4 is 9.47 Å². The minimum Gasteiger partial charge on any atom is -0.485 e. The Balaban J connectivity index is 1.35. The molecule has 1 aliphatic rings. The zero-order valence-electron chi connectivity index (χ0n) is 15.4. The third kappa shape index (κ3) is 2.77. The maximum absolute atomic E-state index is 6.07. The van der Waals surface area contributed by atoms with Crippen LogP contribution >= 0.6 is 0 Å². The molecule has 140 valence electrons. The Morgan fingerprint density at radius 2 is 1.83 bits per heavy atom. The fourth-order valence-electron chi connectivity index (χ4n) is 3.64. The standard InChI is InChI=1S/C23H16N4O2/c1-2-6-20-19(5-1)28-13-21(29-20)23-26-17-8-7-14(11-18(17)27-23)16-10-15-4-3-9-24-22(15)25-12-16/h1-12,21H,13H2,(H,26,27). The molecule has 0 aliphatic carbocycles. The SMILES string of the molecule is c1ccc2c(c1)OCC(c1nc3ccc(-c4cnc5ncccc5c4)cc3[nH]1)O2. The van der Waals surface area contributed by atoms with Crippen molar-refractivity contribution in [2.24, 2.45) is 0 Å². The third-order valence-corrected chi connectivity index (χ3v) is 5.10. The van der Waals surface area contributed by atoms with Gasteiger partial charge in [-0.05, 0) is 48.0 Å². The van der Waals surface area contributed by atoms with Crippen LogP contribution in [-0.2, 0) is 0 Å². The molecule has 1 aliphatic heterocycles. The maximum Gasteiger partial charge on any atom is 0.190 e. The van der Waals surface area contributed by atoms with Crippen molar-refractivity contribution in [2.45, 2.75) is 6.10 Å². The van der Waals surface area contributed by atoms with Crippen molar-refractivity contribution in [1.82, 2.24) is 19.9 Å². The number of hydrogen-bond acceptors (Lipinski definition) is 5. The molecule has 6 rings (SSSR count). The van der Waals surface area contributed by atoms with Gasteiger partial charge in [-0.1, -0.05) is 18.2 Å². The molecule has 29 heavy (non-hydrogen) atoms. The molecule has 5 aromatic rings. The van der Waals surface area contributed by atoms with E-state index in [-0.39, 0.29) is 6.10 Å². The molecule has 1 unspecified atom stereocenters. The normalized spacial score (nSPS) is 15.7. The lowest BCUT2D eigenvalue weighted by Crippen LogP contribution is -2.22. The van der Waals surface area contributed by atoms with Crippen molar-refractivity contribution < 1.29 is 9.47 Å². The molecule has 1 N–H and O–H groups in total. The van der Waals surface area contributed by atoms with Crippen LogP contribution in [0.4, 0.5) is 0 Å². The summed E-state index contributed by atoms with van der Waals surface area (Å²) in [6.07, 6.45) is 3.33. The molecule has 0 bridgehead atoms. The van der Waals surface area contributed by atoms with E-state index in [1.807, 2.05) is 48.7 Å². The monoisotopic (exact) mass is 380 g/mol. The lowest BCUT2D eigenvalue weighted by atomic mass is 10.1. The fourth-order valence-corrected chi connectivity index (χ4v) is 3.64. The van der Waals surface area contributed by atoms with Gasteiger partial charge in [0.2, 0.25) is 0 Å². The van der Waals surface area contributed by atoms with E-state index in [4.69, 9.17) is 14.5 Å². The van der Waals surface area contributed by atoms with Crippen molar-refractivity contribution in [3.8, 4) is 22.6 Å². The first kappa shape index (κ1) is 16.1. The first-order valence-electron chi connectivity index (χ1n) is 9.43. The number of fused-ring (bicyclic) bond motifs is 3. The number of imidazole rings is 1. The molecule has 1 atom stereocenters. The van der Waals surface area contributed by atoms with Crippen LogP contribution in [0.2, 0.25) is 0 Å². The van der Waals surface area contributed by atoms with Crippen molar-refractivity contribution in [3.63, 3.8) is 0 Å². The quantitative estimate of drug-likeness (QED) is 0.481. The van der Waals surface area contributed by atoms with Gasteiger partial charge in [-0.15, -0.1) is 0 Å². The Morgan fingerprint density at radius 3 is 2.79 bits per heavy atom. The molecule has 0 saturated carbocycles. The summed E-state index contributed by atoms with van der Waals surface area (Å²) in [6.45, 7) is 0.422. The third-order valence-electron chi connectivity index (χ3n) is 5.10. The lowest BCUT2D eigenvalue weighted by Gasteiger charge is -2.24. The lowest BCUT2D eigenvalue weighted by molar-refractivity contribution is 0.0859. The van der Waals surface area contributed by atoms with Gasteiger partial charge in [-0.3, -0.25) is 0 Å². The number of para-hydroxylation sites is 2. The van der Waals surface area contributed by atoms with Crippen molar-refractivity contribution in [1.29, 1.82) is 0 Å². The highest BCUT2D eigenvalue weighted by Crippen LogP contribution is 2.35. The molecule has 4 heterocycles. The largest absolute Gasteiger partial charge is 0.485 e. The average Bonchev–Trinajstić information content (AvgIpc) is 3.22. The van der Waals surface area contributed by atoms with Gasteiger partial charge < -0.3 is 14.5 Å². The number of rotatable bonds is 2. The molecule has 0 radical (unpaired) electrons. The van der Waals surface area contributed by atoms with Crippen LogP contribution in [0.5, 0.6) is 11.5 Å². The van der Waals surface area contributed by atoms with E-state index in [1.165, 1.54) is 0 Å². The molecule has 0 fully saturated rings. The van der Waals surface area contributed by atoms with E-state index >= 15 is 0 Å². The van der Waals surface area contributed by atoms with Gasteiger partial charge in [0, 0.05) is 23.3 Å². The Morgan fingerprint density at radius 1 is 0.897 bits per heavy atom. The van der Waals surface area contributed by atoms with E-state index in [0.29, 0.717) is 6.61 Å². The second kappa shape index (κ2) is 6.31. The molecule has 0 spiro atoms. The topological polar surface area (TPSA) is 72.9 Å². The van der Waals surface area contributed by atoms with Gasteiger partial charge in [0.15, 0.2) is 29.1 Å². The summed E-state index contributed by atoms with van der Waals surface area (Å²) in [5, 5.41) is 1.02. The van der Waals surface area contributed by atoms with Gasteiger partial charge in [-0.2, -0.15) is 0 Å². The Bertz CT molecular complexity index is 1360. The van der Waals surface area contributed by atoms with E-state index in [9.17, 15) is 0 Å². The summed E-state index contributed by atoms with van der Waals surface area (Å²) < 4.78 is 11.9. The minimum absolute atomic E-state index is 0.269. The average molecular weight is 380 g/mol. The van der Waals surface area contributed by atoms with Gasteiger partial charge in [0.05, 0.1) is 11.0 Å². The first-order valence-corrected chi connectivity index (χ1v) is 9.43. The molecule has 3 aromatic heterocycles. The predicted molar refractivity (Wildman–Crippen MR) is 110 cm³/mol. The number of H-pyrrole nitrogens is 1. The zero-order chi connectivity index (χ0) is 19.2. The molecular formula is C23H16N4O2. The highest BCUT2D eigenvalue weighted by Gasteiger charge is 2.25. The van der Waals surface area contributed by atoms with E-state index in [0.717, 1.165) is 50.5 Å². The fraction of sp³-hybridized carbons (Fsp3) is 0.0870. The molecule has 6 heteroatoms. The molecule has 0 saturated heterocycles. The highest BCUT2D eigenvalue weighted by molar-refractivity contribution is 5.85. The summed E-state index contributed by atoms with van der Waals surface area (Å²) in [5.74, 6) is 2.26. The van der Waals surface area contributed by atoms with Crippen molar-refractivity contribution >= 4 is 22.1 Å². The first-order chi connectivity index (χ1) is 14.3. The van der Waals surface area contributed by atoms with Crippen LogP contribution in [0.1, 0.15) is 11.9 Å². The Kier molecular flexibility index (Phi) is 3.49. The summed E-state index contributed by atoms with van der Waals surface area (Å²) in [7, 11) is 0. The highest BCUT2D eigenvalue weighted by atomic mass is 16.6. The summed E-state index contributed by atoms with van der Waals surface area (Å²) >= 11 is 0. The molecule has 0 amide bonds. The van der Waals surface area contributed by atoms with Crippen LogP contribution in [-0.4, -0.2) is 26.5 Å². The van der Waals surface area contributed by atoms with E-state index in [1.54, 1.807) is 6.20 Å². The number of benzene rings is 2. The van der Waals surface area contributed by atoms with Crippen LogP contribution in [0.25, 0.3) is 33.2 Å². The number of nitrogens with zero attached hydrogens (tertiary/aromatic N) is 3. The number of aromatic nitrogens is 4. The van der Waals surface area contributed by atoms with Crippen LogP contribution in [0, 0.1) is 0 Å². The second-order valence-corrected chi connectivity index (χ2v) is 6.99. The number of aromatic amines is 1. The molecule has 2 aromatic carbocycles. The number of pyridine rings is 2. The van der Waals surface area contributed by atoms with Gasteiger partial charge >= 0.3 is 0 Å². The van der Waals surface area contributed by atoms with E-state index in [2.05, 4.69) is 33.2 Å². The summed E-state index contributed by atoms with van der Waals surface area (Å²) in [5.41, 5.74) is 4.69. The number of ether oxygens (including phenoxy) is 2. The van der Waals surface area contributed by atoms with Crippen molar-refractivity contribution in [2.75, 3.05) is 6.61 Å². The maximum atomic E-state index is 6.07. The number of nitrogens with one attached hydrogen (secondary N) is 1. The zero-order valence-corrected chi connectivity index (χ0v) is 15.4. The van der Waals surface area contributed by atoms with Gasteiger partial charge in [-0.25, -0.2) is 15.0 Å². The predicted octanol–water partition coefficient (Wildman–Crippen LogP) is 4.69. The van der Waals surface area contributed by atoms with Crippen LogP contribution in [0.3, 0.4) is 0 Å². The van der Waals surface area contributed by atoms with Crippen LogP contribution in [0.15, 0.2) is 73.1 Å². The minimum atomic E-state index is -0.269. The molecular weight excluding hydrogens is 364 g/mol. The number of hydrogen-bond donors (Lipinski definition) is 1. The van der Waals surface area contributed by atoms with E-state index < -0.39 is 0 Å². The van der Waals surface area contributed by atoms with Gasteiger partial charge in [0.1, 0.15) is 6.61 Å². The smallest absolute Gasteiger partial charge is 0.190 e. The van der Waals surface area contributed by atoms with Crippen molar-refractivity contribution in [3.05, 3.63) is 78.9 Å². The summed E-state index contributed by atoms with van der Waals surface area (Å²) in [4.78, 5) is 16.9. The Labute approximate surface area is 166 Å². The van der Waals surface area contributed by atoms with Gasteiger partial charge in [0.25, 0.3) is 0 Å². The second-order valence-electron chi connectivity index (χ2n) is 6.99. The summed E-state index contributed by atoms with van der Waals surface area (Å²) in [6, 6.07) is 19.9. The Hall–Kier alpha value is -3.93. The molecule has 6 nitrogen and oxygen atoms in total.